The maximum atomic E-state index is 6.12. The summed E-state index contributed by atoms with van der Waals surface area (Å²) in [6, 6.07) is 3.99. The average molecular weight is 309 g/mol. The van der Waals surface area contributed by atoms with Gasteiger partial charge in [0.15, 0.2) is 0 Å². The number of benzene rings is 1. The maximum Gasteiger partial charge on any atom is 0.125 e. The van der Waals surface area contributed by atoms with Gasteiger partial charge in [-0.15, -0.1) is 0 Å². The van der Waals surface area contributed by atoms with Gasteiger partial charge >= 0.3 is 0 Å². The lowest BCUT2D eigenvalue weighted by Gasteiger charge is -2.12. The second-order valence-corrected chi connectivity index (χ2v) is 5.27. The van der Waals surface area contributed by atoms with Crippen LogP contribution in [0.25, 0.3) is 0 Å². The monoisotopic (exact) mass is 308 g/mol. The number of rotatable bonds is 3. The predicted octanol–water partition coefficient (Wildman–Crippen LogP) is 1.74. The Morgan fingerprint density at radius 1 is 1.50 bits per heavy atom. The second-order valence-electron chi connectivity index (χ2n) is 4.36. The molecule has 0 amide bonds. The summed E-state index contributed by atoms with van der Waals surface area (Å²) >= 11 is 3.52. The van der Waals surface area contributed by atoms with Crippen LogP contribution < -0.4 is 10.5 Å². The van der Waals surface area contributed by atoms with Gasteiger partial charge in [-0.2, -0.15) is 15.4 Å². The number of hydrogen-bond donors (Lipinski definition) is 2. The van der Waals surface area contributed by atoms with Crippen LogP contribution in [-0.2, 0) is 12.8 Å². The lowest BCUT2D eigenvalue weighted by molar-refractivity contribution is 0.352. The largest absolute Gasteiger partial charge is 0.493 e. The van der Waals surface area contributed by atoms with Gasteiger partial charge in [0, 0.05) is 10.9 Å². The van der Waals surface area contributed by atoms with Gasteiger partial charge in [0.1, 0.15) is 5.75 Å². The molecule has 0 bridgehead atoms. The van der Waals surface area contributed by atoms with E-state index in [2.05, 4.69) is 43.5 Å². The highest BCUT2D eigenvalue weighted by Crippen LogP contribution is 2.34. The first-order valence-electron chi connectivity index (χ1n) is 5.79. The summed E-state index contributed by atoms with van der Waals surface area (Å²) in [5.74, 6) is 0.983. The highest BCUT2D eigenvalue weighted by Gasteiger charge is 2.20. The molecule has 0 radical (unpaired) electrons. The van der Waals surface area contributed by atoms with Crippen LogP contribution in [0.2, 0.25) is 0 Å². The number of halogens is 1. The van der Waals surface area contributed by atoms with E-state index in [4.69, 9.17) is 10.5 Å². The Morgan fingerprint density at radius 2 is 2.39 bits per heavy atom. The lowest BCUT2D eigenvalue weighted by atomic mass is 10.0. The van der Waals surface area contributed by atoms with E-state index in [1.807, 2.05) is 0 Å². The van der Waals surface area contributed by atoms with Gasteiger partial charge in [0.2, 0.25) is 0 Å². The van der Waals surface area contributed by atoms with E-state index in [0.29, 0.717) is 6.42 Å². The molecular formula is C12H13BrN4O. The van der Waals surface area contributed by atoms with Crippen molar-refractivity contribution in [3.63, 3.8) is 0 Å². The molecule has 1 unspecified atom stereocenters. The smallest absolute Gasteiger partial charge is 0.125 e. The zero-order valence-corrected chi connectivity index (χ0v) is 11.3. The first-order chi connectivity index (χ1) is 8.74. The highest BCUT2D eigenvalue weighted by molar-refractivity contribution is 9.10. The predicted molar refractivity (Wildman–Crippen MR) is 70.4 cm³/mol. The molecule has 0 fully saturated rings. The van der Waals surface area contributed by atoms with Crippen LogP contribution in [0.15, 0.2) is 22.8 Å². The third-order valence-electron chi connectivity index (χ3n) is 3.08. The summed E-state index contributed by atoms with van der Waals surface area (Å²) in [5, 5.41) is 10.4. The molecule has 94 valence electrons. The molecule has 6 heteroatoms. The molecular weight excluding hydrogens is 296 g/mol. The van der Waals surface area contributed by atoms with Gasteiger partial charge < -0.3 is 10.5 Å². The number of fused-ring (bicyclic) bond motifs is 1. The maximum absolute atomic E-state index is 6.12. The Morgan fingerprint density at radius 3 is 3.17 bits per heavy atom. The van der Waals surface area contributed by atoms with Gasteiger partial charge in [-0.05, 0) is 29.7 Å². The number of aromatic nitrogens is 3. The van der Waals surface area contributed by atoms with Crippen LogP contribution >= 0.6 is 15.9 Å². The molecule has 5 nitrogen and oxygen atoms in total. The number of H-pyrrole nitrogens is 1. The Balaban J connectivity index is 1.89. The quantitative estimate of drug-likeness (QED) is 0.905. The van der Waals surface area contributed by atoms with E-state index >= 15 is 0 Å². The summed E-state index contributed by atoms with van der Waals surface area (Å²) in [6.07, 6.45) is 3.30. The fourth-order valence-corrected chi connectivity index (χ4v) is 2.78. The Hall–Kier alpha value is -1.40. The molecule has 1 aliphatic rings. The van der Waals surface area contributed by atoms with Crippen molar-refractivity contribution in [1.82, 2.24) is 15.4 Å². The number of aromatic amines is 1. The molecule has 0 saturated heterocycles. The number of nitrogens with two attached hydrogens (primary N) is 1. The summed E-state index contributed by atoms with van der Waals surface area (Å²) in [5.41, 5.74) is 9.25. The number of nitrogens with one attached hydrogen (secondary N) is 1. The molecule has 1 aromatic heterocycles. The Labute approximate surface area is 113 Å². The summed E-state index contributed by atoms with van der Waals surface area (Å²) in [4.78, 5) is 0. The van der Waals surface area contributed by atoms with E-state index in [1.54, 1.807) is 6.20 Å². The molecule has 2 aromatic rings. The van der Waals surface area contributed by atoms with Crippen LogP contribution in [0.3, 0.4) is 0 Å². The van der Waals surface area contributed by atoms with Crippen LogP contribution in [-0.4, -0.2) is 22.0 Å². The molecule has 3 N–H and O–H groups in total. The number of ether oxygens (including phenoxy) is 1. The zero-order chi connectivity index (χ0) is 12.5. The Bertz CT molecular complexity index is 555. The van der Waals surface area contributed by atoms with Crippen molar-refractivity contribution in [2.45, 2.75) is 18.9 Å². The average Bonchev–Trinajstić information content (AvgIpc) is 2.98. The fraction of sp³-hybridized carbons (Fsp3) is 0.333. The van der Waals surface area contributed by atoms with Gasteiger partial charge in [-0.3, -0.25) is 0 Å². The van der Waals surface area contributed by atoms with E-state index in [1.165, 1.54) is 5.56 Å². The molecule has 0 saturated carbocycles. The molecule has 1 aliphatic heterocycles. The van der Waals surface area contributed by atoms with E-state index in [0.717, 1.165) is 34.5 Å². The van der Waals surface area contributed by atoms with E-state index in [9.17, 15) is 0 Å². The van der Waals surface area contributed by atoms with Crippen LogP contribution in [0, 0.1) is 0 Å². The van der Waals surface area contributed by atoms with Gasteiger partial charge in [0.25, 0.3) is 0 Å². The van der Waals surface area contributed by atoms with Crippen LogP contribution in [0.1, 0.15) is 22.9 Å². The third kappa shape index (κ3) is 2.13. The van der Waals surface area contributed by atoms with Gasteiger partial charge in [-0.1, -0.05) is 15.9 Å². The van der Waals surface area contributed by atoms with Crippen molar-refractivity contribution in [2.24, 2.45) is 5.73 Å². The lowest BCUT2D eigenvalue weighted by Crippen LogP contribution is -2.14. The van der Waals surface area contributed by atoms with E-state index < -0.39 is 0 Å². The summed E-state index contributed by atoms with van der Waals surface area (Å²) < 4.78 is 6.75. The number of hydrogen-bond acceptors (Lipinski definition) is 4. The van der Waals surface area contributed by atoms with Crippen molar-refractivity contribution in [1.29, 1.82) is 0 Å². The fourth-order valence-electron chi connectivity index (χ4n) is 2.23. The summed E-state index contributed by atoms with van der Waals surface area (Å²) in [7, 11) is 0. The second kappa shape index (κ2) is 4.70. The highest BCUT2D eigenvalue weighted by atomic mass is 79.9. The molecule has 0 aliphatic carbocycles. The van der Waals surface area contributed by atoms with Gasteiger partial charge in [0.05, 0.1) is 24.5 Å². The first kappa shape index (κ1) is 11.7. The molecule has 2 heterocycles. The summed E-state index contributed by atoms with van der Waals surface area (Å²) in [6.45, 7) is 0.748. The SMILES string of the molecule is NC(Cc1cc(Br)cc2c1OCC2)c1cn[nH]n1. The van der Waals surface area contributed by atoms with Crippen LogP contribution in [0.4, 0.5) is 0 Å². The standard InChI is InChI=1S/C12H13BrN4O/c13-9-3-7-1-2-18-12(7)8(4-9)5-10(14)11-6-15-17-16-11/h3-4,6,10H,1-2,5,14H2,(H,15,16,17). The zero-order valence-electron chi connectivity index (χ0n) is 9.69. The topological polar surface area (TPSA) is 76.8 Å². The molecule has 1 aromatic carbocycles. The number of nitrogens with zero attached hydrogens (tertiary/aromatic N) is 2. The molecule has 3 rings (SSSR count). The normalized spacial score (nSPS) is 15.2. The van der Waals surface area contributed by atoms with Crippen molar-refractivity contribution in [3.05, 3.63) is 39.6 Å². The Kier molecular flexibility index (Phi) is 3.05. The minimum absolute atomic E-state index is 0.175. The molecule has 18 heavy (non-hydrogen) atoms. The molecule has 0 spiro atoms. The third-order valence-corrected chi connectivity index (χ3v) is 3.54. The van der Waals surface area contributed by atoms with Gasteiger partial charge in [-0.25, -0.2) is 0 Å². The van der Waals surface area contributed by atoms with Crippen molar-refractivity contribution in [2.75, 3.05) is 6.61 Å². The van der Waals surface area contributed by atoms with Crippen molar-refractivity contribution < 1.29 is 4.74 Å². The van der Waals surface area contributed by atoms with Crippen molar-refractivity contribution in [3.8, 4) is 5.75 Å². The van der Waals surface area contributed by atoms with Crippen molar-refractivity contribution >= 4 is 15.9 Å². The first-order valence-corrected chi connectivity index (χ1v) is 6.58. The minimum Gasteiger partial charge on any atom is -0.493 e. The van der Waals surface area contributed by atoms with Crippen LogP contribution in [0.5, 0.6) is 5.75 Å². The van der Waals surface area contributed by atoms with E-state index in [-0.39, 0.29) is 6.04 Å². The molecule has 1 atom stereocenters. The minimum atomic E-state index is -0.175.